The molecule has 0 saturated heterocycles. The molecule has 0 aliphatic carbocycles. The van der Waals surface area contributed by atoms with Crippen molar-refractivity contribution >= 4 is 18.1 Å². The number of esters is 1. The zero-order chi connectivity index (χ0) is 19.9. The molecule has 0 unspecified atom stereocenters. The molecule has 0 heterocycles. The van der Waals surface area contributed by atoms with Crippen molar-refractivity contribution in [2.24, 2.45) is 0 Å². The lowest BCUT2D eigenvalue weighted by Crippen LogP contribution is -2.51. The van der Waals surface area contributed by atoms with Crippen molar-refractivity contribution in [2.75, 3.05) is 13.7 Å². The minimum Gasteiger partial charge on any atom is -0.464 e. The van der Waals surface area contributed by atoms with Crippen molar-refractivity contribution < 1.29 is 24.2 Å². The fraction of sp³-hybridized carbons (Fsp3) is 0.500. The summed E-state index contributed by atoms with van der Waals surface area (Å²) in [5, 5.41) is 10.5. The molecule has 1 rings (SSSR count). The molecule has 1 N–H and O–H groups in total. The Labute approximate surface area is 155 Å². The predicted octanol–water partition coefficient (Wildman–Crippen LogP) is 3.17. The first-order valence-electron chi connectivity index (χ1n) is 8.60. The topological polar surface area (TPSA) is 76.1 Å². The van der Waals surface area contributed by atoms with E-state index >= 15 is 0 Å². The normalized spacial score (nSPS) is 14.0. The van der Waals surface area contributed by atoms with E-state index in [1.54, 1.807) is 33.8 Å². The van der Waals surface area contributed by atoms with Gasteiger partial charge in [-0.1, -0.05) is 42.0 Å². The Morgan fingerprint density at radius 3 is 2.31 bits per heavy atom. The van der Waals surface area contributed by atoms with Crippen molar-refractivity contribution in [1.82, 2.24) is 4.90 Å². The lowest BCUT2D eigenvalue weighted by molar-refractivity contribution is -0.152. The molecule has 1 aromatic rings. The molecule has 0 aromatic heterocycles. The number of nitrogens with zero attached hydrogens (tertiary/aromatic N) is 1. The molecular formula is C20H29NO5. The largest absolute Gasteiger partial charge is 0.464 e. The highest BCUT2D eigenvalue weighted by molar-refractivity contribution is 5.82. The van der Waals surface area contributed by atoms with E-state index in [9.17, 15) is 14.7 Å². The number of hydrogen-bond donors (Lipinski definition) is 1. The lowest BCUT2D eigenvalue weighted by Gasteiger charge is -2.31. The van der Waals surface area contributed by atoms with Gasteiger partial charge in [-0.25, -0.2) is 9.59 Å². The monoisotopic (exact) mass is 363 g/mol. The molecule has 0 spiro atoms. The highest BCUT2D eigenvalue weighted by atomic mass is 16.6. The van der Waals surface area contributed by atoms with Crippen molar-refractivity contribution in [2.45, 2.75) is 52.4 Å². The average molecular weight is 363 g/mol. The van der Waals surface area contributed by atoms with Crippen LogP contribution >= 0.6 is 0 Å². The number of ether oxygens (including phenoxy) is 2. The number of aliphatic hydroxyl groups is 1. The van der Waals surface area contributed by atoms with E-state index in [-0.39, 0.29) is 6.61 Å². The Balaban J connectivity index is 2.98. The SMILES string of the molecule is CCOC(=O)[C@@H]([C@H](O)/C=C/c1ccc(C)cc1)N(C)C(=O)OC(C)(C)C. The van der Waals surface area contributed by atoms with E-state index in [4.69, 9.17) is 9.47 Å². The van der Waals surface area contributed by atoms with Crippen molar-refractivity contribution in [3.8, 4) is 0 Å². The average Bonchev–Trinajstić information content (AvgIpc) is 2.53. The van der Waals surface area contributed by atoms with E-state index in [1.807, 2.05) is 31.2 Å². The third kappa shape index (κ3) is 6.88. The number of rotatable bonds is 6. The molecule has 1 aromatic carbocycles. The van der Waals surface area contributed by atoms with E-state index in [0.29, 0.717) is 0 Å². The van der Waals surface area contributed by atoms with Crippen LogP contribution < -0.4 is 0 Å². The van der Waals surface area contributed by atoms with Gasteiger partial charge in [0.25, 0.3) is 0 Å². The molecule has 0 bridgehead atoms. The van der Waals surface area contributed by atoms with Gasteiger partial charge in [-0.15, -0.1) is 0 Å². The predicted molar refractivity (Wildman–Crippen MR) is 101 cm³/mol. The first-order valence-corrected chi connectivity index (χ1v) is 8.60. The second kappa shape index (κ2) is 9.38. The maximum atomic E-state index is 12.3. The van der Waals surface area contributed by atoms with Crippen LogP contribution in [-0.2, 0) is 14.3 Å². The molecule has 0 aliphatic heterocycles. The summed E-state index contributed by atoms with van der Waals surface area (Å²) in [6.45, 7) is 8.97. The molecule has 144 valence electrons. The summed E-state index contributed by atoms with van der Waals surface area (Å²) in [4.78, 5) is 25.6. The Morgan fingerprint density at radius 2 is 1.81 bits per heavy atom. The van der Waals surface area contributed by atoms with Gasteiger partial charge in [-0.05, 0) is 40.2 Å². The zero-order valence-electron chi connectivity index (χ0n) is 16.4. The fourth-order valence-corrected chi connectivity index (χ4v) is 2.19. The maximum absolute atomic E-state index is 12.3. The van der Waals surface area contributed by atoms with Gasteiger partial charge >= 0.3 is 12.1 Å². The number of carbonyl (C=O) groups excluding carboxylic acids is 2. The van der Waals surface area contributed by atoms with Gasteiger partial charge in [-0.2, -0.15) is 0 Å². The third-order valence-corrected chi connectivity index (χ3v) is 3.51. The highest BCUT2D eigenvalue weighted by Gasteiger charge is 2.35. The Hall–Kier alpha value is -2.34. The molecule has 26 heavy (non-hydrogen) atoms. The van der Waals surface area contributed by atoms with Crippen LogP contribution in [-0.4, -0.2) is 53.5 Å². The first-order chi connectivity index (χ1) is 12.0. The molecule has 0 fully saturated rings. The summed E-state index contributed by atoms with van der Waals surface area (Å²) in [6, 6.07) is 6.49. The summed E-state index contributed by atoms with van der Waals surface area (Å²) in [6.07, 6.45) is 1.21. The van der Waals surface area contributed by atoms with Gasteiger partial charge < -0.3 is 14.6 Å². The number of benzene rings is 1. The Bertz CT molecular complexity index is 631. The number of hydrogen-bond acceptors (Lipinski definition) is 5. The Morgan fingerprint density at radius 1 is 1.23 bits per heavy atom. The van der Waals surface area contributed by atoms with Crippen LogP contribution in [0.15, 0.2) is 30.3 Å². The molecule has 6 heteroatoms. The number of carbonyl (C=O) groups is 2. The number of likely N-dealkylation sites (N-methyl/N-ethyl adjacent to an activating group) is 1. The molecular weight excluding hydrogens is 334 g/mol. The molecule has 6 nitrogen and oxygen atoms in total. The summed E-state index contributed by atoms with van der Waals surface area (Å²) in [5.41, 5.74) is 1.28. The van der Waals surface area contributed by atoms with E-state index in [2.05, 4.69) is 0 Å². The van der Waals surface area contributed by atoms with Crippen LogP contribution in [0.2, 0.25) is 0 Å². The quantitative estimate of drug-likeness (QED) is 0.786. The van der Waals surface area contributed by atoms with Gasteiger partial charge in [0.1, 0.15) is 11.7 Å². The molecule has 0 aliphatic rings. The maximum Gasteiger partial charge on any atom is 0.410 e. The molecule has 0 saturated carbocycles. The van der Waals surface area contributed by atoms with E-state index < -0.39 is 29.8 Å². The first kappa shape index (κ1) is 21.7. The van der Waals surface area contributed by atoms with Crippen LogP contribution in [0.25, 0.3) is 6.08 Å². The summed E-state index contributed by atoms with van der Waals surface area (Å²) < 4.78 is 10.3. The number of amides is 1. The summed E-state index contributed by atoms with van der Waals surface area (Å²) in [5.74, 6) is -0.693. The van der Waals surface area contributed by atoms with Crippen LogP contribution in [0.1, 0.15) is 38.8 Å². The zero-order valence-corrected chi connectivity index (χ0v) is 16.4. The summed E-state index contributed by atoms with van der Waals surface area (Å²) >= 11 is 0. The van der Waals surface area contributed by atoms with Crippen LogP contribution in [0.5, 0.6) is 0 Å². The second-order valence-electron chi connectivity index (χ2n) is 7.05. The van der Waals surface area contributed by atoms with Crippen LogP contribution in [0, 0.1) is 6.92 Å². The minimum absolute atomic E-state index is 0.145. The van der Waals surface area contributed by atoms with Gasteiger partial charge in [0.2, 0.25) is 0 Å². The summed E-state index contributed by atoms with van der Waals surface area (Å²) in [7, 11) is 1.40. The van der Waals surface area contributed by atoms with E-state index in [1.165, 1.54) is 13.1 Å². The van der Waals surface area contributed by atoms with Gasteiger partial charge in [0, 0.05) is 7.05 Å². The smallest absolute Gasteiger partial charge is 0.410 e. The van der Waals surface area contributed by atoms with Crippen LogP contribution in [0.4, 0.5) is 4.79 Å². The molecule has 0 radical (unpaired) electrons. The second-order valence-corrected chi connectivity index (χ2v) is 7.05. The van der Waals surface area contributed by atoms with Gasteiger partial charge in [-0.3, -0.25) is 4.90 Å². The number of aliphatic hydroxyl groups excluding tert-OH is 1. The van der Waals surface area contributed by atoms with Gasteiger partial charge in [0.15, 0.2) is 6.04 Å². The lowest BCUT2D eigenvalue weighted by atomic mass is 10.1. The molecule has 1 amide bonds. The third-order valence-electron chi connectivity index (χ3n) is 3.51. The van der Waals surface area contributed by atoms with Crippen molar-refractivity contribution in [1.29, 1.82) is 0 Å². The fourth-order valence-electron chi connectivity index (χ4n) is 2.19. The van der Waals surface area contributed by atoms with Crippen molar-refractivity contribution in [3.63, 3.8) is 0 Å². The van der Waals surface area contributed by atoms with Gasteiger partial charge in [0.05, 0.1) is 6.61 Å². The standard InChI is InChI=1S/C20H29NO5/c1-7-25-18(23)17(21(6)19(24)26-20(3,4)5)16(22)13-12-15-10-8-14(2)9-11-15/h8-13,16-17,22H,7H2,1-6H3/b13-12+/t16-,17-/m1/s1. The van der Waals surface area contributed by atoms with Crippen LogP contribution in [0.3, 0.4) is 0 Å². The minimum atomic E-state index is -1.24. The Kier molecular flexibility index (Phi) is 7.83. The molecule has 2 atom stereocenters. The van der Waals surface area contributed by atoms with Crippen molar-refractivity contribution in [3.05, 3.63) is 41.5 Å². The van der Waals surface area contributed by atoms with E-state index in [0.717, 1.165) is 16.0 Å². The number of aryl methyl sites for hydroxylation is 1. The highest BCUT2D eigenvalue weighted by Crippen LogP contribution is 2.15.